The molecule has 3 nitrogen and oxygen atoms in total. The van der Waals surface area contributed by atoms with Gasteiger partial charge in [-0.05, 0) is 43.2 Å². The van der Waals surface area contributed by atoms with Crippen molar-refractivity contribution in [3.8, 4) is 11.3 Å². The van der Waals surface area contributed by atoms with E-state index < -0.39 is 0 Å². The van der Waals surface area contributed by atoms with Gasteiger partial charge in [0, 0.05) is 18.2 Å². The highest BCUT2D eigenvalue weighted by atomic mass is 19.1. The first kappa shape index (κ1) is 15.2. The minimum Gasteiger partial charge on any atom is -0.370 e. The van der Waals surface area contributed by atoms with Gasteiger partial charge in [0.25, 0.3) is 0 Å². The minimum absolute atomic E-state index is 0.249. The van der Waals surface area contributed by atoms with E-state index in [-0.39, 0.29) is 5.82 Å². The SMILES string of the molecule is Cc1nc(NCCc2ccccc2)cc(-c2ccc(F)cc2)n1. The molecule has 116 valence electrons. The first-order valence-electron chi connectivity index (χ1n) is 7.60. The fourth-order valence-corrected chi connectivity index (χ4v) is 2.41. The summed E-state index contributed by atoms with van der Waals surface area (Å²) in [4.78, 5) is 8.84. The van der Waals surface area contributed by atoms with Crippen molar-refractivity contribution in [2.45, 2.75) is 13.3 Å². The molecular formula is C19H18FN3. The predicted molar refractivity (Wildman–Crippen MR) is 90.8 cm³/mol. The second-order valence-electron chi connectivity index (χ2n) is 5.35. The molecule has 0 fully saturated rings. The fraction of sp³-hybridized carbons (Fsp3) is 0.158. The molecule has 0 spiro atoms. The Balaban J connectivity index is 1.71. The van der Waals surface area contributed by atoms with Crippen molar-refractivity contribution >= 4 is 5.82 Å². The lowest BCUT2D eigenvalue weighted by molar-refractivity contribution is 0.628. The standard InChI is InChI=1S/C19H18FN3/c1-14-22-18(16-7-9-17(20)10-8-16)13-19(23-14)21-12-11-15-5-3-2-4-6-15/h2-10,13H,11-12H2,1H3,(H,21,22,23). The van der Waals surface area contributed by atoms with Crippen LogP contribution in [0.2, 0.25) is 0 Å². The molecule has 1 N–H and O–H groups in total. The lowest BCUT2D eigenvalue weighted by Crippen LogP contribution is -2.07. The van der Waals surface area contributed by atoms with Gasteiger partial charge in [-0.2, -0.15) is 0 Å². The highest BCUT2D eigenvalue weighted by molar-refractivity contribution is 5.62. The molecule has 0 bridgehead atoms. The molecule has 0 saturated heterocycles. The quantitative estimate of drug-likeness (QED) is 0.766. The van der Waals surface area contributed by atoms with Crippen LogP contribution in [0.4, 0.5) is 10.2 Å². The van der Waals surface area contributed by atoms with Crippen molar-refractivity contribution in [3.63, 3.8) is 0 Å². The number of aromatic nitrogens is 2. The summed E-state index contributed by atoms with van der Waals surface area (Å²) in [6, 6.07) is 18.5. The monoisotopic (exact) mass is 307 g/mol. The van der Waals surface area contributed by atoms with E-state index in [0.29, 0.717) is 5.82 Å². The topological polar surface area (TPSA) is 37.8 Å². The Hall–Kier alpha value is -2.75. The molecule has 0 atom stereocenters. The molecule has 0 aliphatic rings. The Kier molecular flexibility index (Phi) is 4.62. The molecular weight excluding hydrogens is 289 g/mol. The number of halogens is 1. The highest BCUT2D eigenvalue weighted by Gasteiger charge is 2.05. The largest absolute Gasteiger partial charge is 0.370 e. The maximum Gasteiger partial charge on any atom is 0.130 e. The van der Waals surface area contributed by atoms with Crippen LogP contribution in [0, 0.1) is 12.7 Å². The minimum atomic E-state index is -0.249. The second kappa shape index (κ2) is 7.01. The molecule has 0 amide bonds. The van der Waals surface area contributed by atoms with Crippen LogP contribution in [0.25, 0.3) is 11.3 Å². The molecule has 0 saturated carbocycles. The zero-order valence-electron chi connectivity index (χ0n) is 13.0. The summed E-state index contributed by atoms with van der Waals surface area (Å²) in [6.07, 6.45) is 0.926. The summed E-state index contributed by atoms with van der Waals surface area (Å²) in [5.41, 5.74) is 2.95. The van der Waals surface area contributed by atoms with Gasteiger partial charge in [0.15, 0.2) is 0 Å². The van der Waals surface area contributed by atoms with Crippen molar-refractivity contribution in [2.75, 3.05) is 11.9 Å². The van der Waals surface area contributed by atoms with Crippen molar-refractivity contribution in [3.05, 3.63) is 77.9 Å². The van der Waals surface area contributed by atoms with Crippen LogP contribution in [-0.4, -0.2) is 16.5 Å². The van der Waals surface area contributed by atoms with E-state index in [2.05, 4.69) is 27.4 Å². The van der Waals surface area contributed by atoms with Gasteiger partial charge in [-0.25, -0.2) is 14.4 Å². The third kappa shape index (κ3) is 4.13. The molecule has 3 rings (SSSR count). The van der Waals surface area contributed by atoms with Gasteiger partial charge in [0.2, 0.25) is 0 Å². The number of hydrogen-bond donors (Lipinski definition) is 1. The van der Waals surface area contributed by atoms with Crippen LogP contribution in [-0.2, 0) is 6.42 Å². The maximum atomic E-state index is 13.0. The van der Waals surface area contributed by atoms with Gasteiger partial charge in [0.05, 0.1) is 5.69 Å². The van der Waals surface area contributed by atoms with Gasteiger partial charge in [-0.1, -0.05) is 30.3 Å². The van der Waals surface area contributed by atoms with Gasteiger partial charge in [-0.15, -0.1) is 0 Å². The molecule has 2 aromatic carbocycles. The summed E-state index contributed by atoms with van der Waals surface area (Å²) in [5.74, 6) is 1.22. The Bertz CT molecular complexity index is 770. The Morgan fingerprint density at radius 3 is 2.43 bits per heavy atom. The molecule has 23 heavy (non-hydrogen) atoms. The highest BCUT2D eigenvalue weighted by Crippen LogP contribution is 2.20. The first-order valence-corrected chi connectivity index (χ1v) is 7.60. The normalized spacial score (nSPS) is 10.5. The number of benzene rings is 2. The molecule has 0 radical (unpaired) electrons. The molecule has 3 aromatic rings. The van der Waals surface area contributed by atoms with Crippen molar-refractivity contribution in [1.29, 1.82) is 0 Å². The lowest BCUT2D eigenvalue weighted by Gasteiger charge is -2.09. The van der Waals surface area contributed by atoms with Crippen molar-refractivity contribution < 1.29 is 4.39 Å². The maximum absolute atomic E-state index is 13.0. The van der Waals surface area contributed by atoms with E-state index in [0.717, 1.165) is 30.0 Å². The van der Waals surface area contributed by atoms with Gasteiger partial charge >= 0.3 is 0 Å². The zero-order valence-corrected chi connectivity index (χ0v) is 13.0. The Morgan fingerprint density at radius 2 is 1.70 bits per heavy atom. The van der Waals surface area contributed by atoms with Gasteiger partial charge < -0.3 is 5.32 Å². The molecule has 0 unspecified atom stereocenters. The van der Waals surface area contributed by atoms with E-state index in [9.17, 15) is 4.39 Å². The third-order valence-corrected chi connectivity index (χ3v) is 3.54. The summed E-state index contributed by atoms with van der Waals surface area (Å²) >= 11 is 0. The molecule has 0 aliphatic carbocycles. The second-order valence-corrected chi connectivity index (χ2v) is 5.35. The Morgan fingerprint density at radius 1 is 0.957 bits per heavy atom. The van der Waals surface area contributed by atoms with Crippen LogP contribution in [0.5, 0.6) is 0 Å². The number of nitrogens with one attached hydrogen (secondary N) is 1. The van der Waals surface area contributed by atoms with E-state index >= 15 is 0 Å². The molecule has 1 aromatic heterocycles. The smallest absolute Gasteiger partial charge is 0.130 e. The van der Waals surface area contributed by atoms with Crippen molar-refractivity contribution in [1.82, 2.24) is 9.97 Å². The van der Waals surface area contributed by atoms with Crippen molar-refractivity contribution in [2.24, 2.45) is 0 Å². The van der Waals surface area contributed by atoms with Gasteiger partial charge in [0.1, 0.15) is 17.5 Å². The van der Waals surface area contributed by atoms with E-state index in [1.165, 1.54) is 17.7 Å². The summed E-state index contributed by atoms with van der Waals surface area (Å²) in [6.45, 7) is 2.65. The number of anilines is 1. The molecule has 0 aliphatic heterocycles. The Labute approximate surface area is 135 Å². The number of hydrogen-bond acceptors (Lipinski definition) is 3. The third-order valence-electron chi connectivity index (χ3n) is 3.54. The average molecular weight is 307 g/mol. The fourth-order valence-electron chi connectivity index (χ4n) is 2.41. The van der Waals surface area contributed by atoms with Crippen LogP contribution in [0.15, 0.2) is 60.7 Å². The van der Waals surface area contributed by atoms with Crippen LogP contribution in [0.3, 0.4) is 0 Å². The molecule has 1 heterocycles. The summed E-state index contributed by atoms with van der Waals surface area (Å²) in [5, 5.41) is 3.33. The summed E-state index contributed by atoms with van der Waals surface area (Å²) in [7, 11) is 0. The number of rotatable bonds is 5. The van der Waals surface area contributed by atoms with E-state index in [1.807, 2.05) is 31.2 Å². The lowest BCUT2D eigenvalue weighted by atomic mass is 10.1. The van der Waals surface area contributed by atoms with Crippen LogP contribution < -0.4 is 5.32 Å². The van der Waals surface area contributed by atoms with Crippen LogP contribution >= 0.6 is 0 Å². The van der Waals surface area contributed by atoms with E-state index in [4.69, 9.17) is 0 Å². The first-order chi connectivity index (χ1) is 11.2. The average Bonchev–Trinajstić information content (AvgIpc) is 2.56. The van der Waals surface area contributed by atoms with Crippen LogP contribution in [0.1, 0.15) is 11.4 Å². The van der Waals surface area contributed by atoms with E-state index in [1.54, 1.807) is 12.1 Å². The number of nitrogens with zero attached hydrogens (tertiary/aromatic N) is 2. The number of aryl methyl sites for hydroxylation is 1. The van der Waals surface area contributed by atoms with Gasteiger partial charge in [-0.3, -0.25) is 0 Å². The molecule has 4 heteroatoms. The summed E-state index contributed by atoms with van der Waals surface area (Å²) < 4.78 is 13.0. The zero-order chi connectivity index (χ0) is 16.1. The predicted octanol–water partition coefficient (Wildman–Crippen LogP) is 4.25.